The molecular weight excluding hydrogens is 210 g/mol. The second kappa shape index (κ2) is 5.28. The maximum atomic E-state index is 11.2. The van der Waals surface area contributed by atoms with Crippen molar-refractivity contribution in [3.8, 4) is 0 Å². The molecule has 0 amide bonds. The van der Waals surface area contributed by atoms with Gasteiger partial charge in [0.15, 0.2) is 0 Å². The van der Waals surface area contributed by atoms with Crippen LogP contribution in [-0.4, -0.2) is 12.8 Å². The normalized spacial score (nSPS) is 14.1. The van der Waals surface area contributed by atoms with Crippen molar-refractivity contribution in [2.45, 2.75) is 32.7 Å². The first-order chi connectivity index (χ1) is 8.20. The standard InChI is InChI=1S/C15H19NO/c1-11(17)8-12-6-7-13-4-3-5-14(10-16-2)15(13)9-12/h3-5,9,16H,6-8,10H2,1-2H3. The van der Waals surface area contributed by atoms with Crippen LogP contribution in [0.25, 0.3) is 6.08 Å². The van der Waals surface area contributed by atoms with Crippen molar-refractivity contribution in [2.24, 2.45) is 0 Å². The minimum atomic E-state index is 0.255. The quantitative estimate of drug-likeness (QED) is 0.860. The molecule has 1 aliphatic carbocycles. The molecule has 0 radical (unpaired) electrons. The molecule has 2 nitrogen and oxygen atoms in total. The maximum Gasteiger partial charge on any atom is 0.133 e. The van der Waals surface area contributed by atoms with E-state index in [0.717, 1.165) is 19.4 Å². The van der Waals surface area contributed by atoms with Crippen LogP contribution in [0.1, 0.15) is 36.5 Å². The van der Waals surface area contributed by atoms with Gasteiger partial charge in [-0.3, -0.25) is 4.79 Å². The van der Waals surface area contributed by atoms with E-state index >= 15 is 0 Å². The number of aryl methyl sites for hydroxylation is 1. The third-order valence-electron chi connectivity index (χ3n) is 3.19. The van der Waals surface area contributed by atoms with Crippen LogP contribution in [0.2, 0.25) is 0 Å². The summed E-state index contributed by atoms with van der Waals surface area (Å²) in [5, 5.41) is 3.19. The van der Waals surface area contributed by atoms with Gasteiger partial charge in [0.25, 0.3) is 0 Å². The molecule has 1 aromatic carbocycles. The van der Waals surface area contributed by atoms with E-state index in [1.165, 1.54) is 22.3 Å². The summed E-state index contributed by atoms with van der Waals surface area (Å²) < 4.78 is 0. The SMILES string of the molecule is CNCc1cccc2c1C=C(CC(C)=O)CC2. The van der Waals surface area contributed by atoms with Crippen LogP contribution < -0.4 is 5.32 Å². The van der Waals surface area contributed by atoms with Gasteiger partial charge in [-0.2, -0.15) is 0 Å². The summed E-state index contributed by atoms with van der Waals surface area (Å²) >= 11 is 0. The Kier molecular flexibility index (Phi) is 3.75. The van der Waals surface area contributed by atoms with Crippen LogP contribution in [0.3, 0.4) is 0 Å². The van der Waals surface area contributed by atoms with Gasteiger partial charge in [-0.15, -0.1) is 0 Å². The van der Waals surface area contributed by atoms with E-state index in [1.807, 2.05) is 7.05 Å². The Hall–Kier alpha value is -1.41. The van der Waals surface area contributed by atoms with Crippen molar-refractivity contribution >= 4 is 11.9 Å². The molecule has 0 aliphatic heterocycles. The zero-order chi connectivity index (χ0) is 12.3. The fourth-order valence-electron chi connectivity index (χ4n) is 2.44. The van der Waals surface area contributed by atoms with Crippen molar-refractivity contribution < 1.29 is 4.79 Å². The Balaban J connectivity index is 2.34. The number of hydrogen-bond acceptors (Lipinski definition) is 2. The van der Waals surface area contributed by atoms with Gasteiger partial charge >= 0.3 is 0 Å². The highest BCUT2D eigenvalue weighted by atomic mass is 16.1. The van der Waals surface area contributed by atoms with Gasteiger partial charge in [-0.25, -0.2) is 0 Å². The van der Waals surface area contributed by atoms with Gasteiger partial charge in [0, 0.05) is 13.0 Å². The van der Waals surface area contributed by atoms with E-state index in [4.69, 9.17) is 0 Å². The molecule has 0 spiro atoms. The van der Waals surface area contributed by atoms with Crippen LogP contribution in [-0.2, 0) is 17.8 Å². The smallest absolute Gasteiger partial charge is 0.133 e. The van der Waals surface area contributed by atoms with Gasteiger partial charge in [-0.05, 0) is 43.5 Å². The summed E-state index contributed by atoms with van der Waals surface area (Å²) in [5.74, 6) is 0.255. The minimum absolute atomic E-state index is 0.255. The molecule has 2 heteroatoms. The Labute approximate surface area is 103 Å². The average Bonchev–Trinajstić information content (AvgIpc) is 2.29. The number of hydrogen-bond donors (Lipinski definition) is 1. The van der Waals surface area contributed by atoms with Crippen molar-refractivity contribution in [1.82, 2.24) is 5.32 Å². The first kappa shape index (κ1) is 12.1. The summed E-state index contributed by atoms with van der Waals surface area (Å²) in [6, 6.07) is 6.47. The minimum Gasteiger partial charge on any atom is -0.316 e. The van der Waals surface area contributed by atoms with E-state index < -0.39 is 0 Å². The molecule has 0 fully saturated rings. The van der Waals surface area contributed by atoms with Crippen LogP contribution in [0.15, 0.2) is 23.8 Å². The fourth-order valence-corrected chi connectivity index (χ4v) is 2.44. The summed E-state index contributed by atoms with van der Waals surface area (Å²) in [4.78, 5) is 11.2. The Morgan fingerprint density at radius 2 is 2.18 bits per heavy atom. The van der Waals surface area contributed by atoms with Gasteiger partial charge < -0.3 is 5.32 Å². The topological polar surface area (TPSA) is 29.1 Å². The molecule has 0 saturated heterocycles. The van der Waals surface area contributed by atoms with E-state index in [1.54, 1.807) is 6.92 Å². The van der Waals surface area contributed by atoms with Crippen molar-refractivity contribution in [3.63, 3.8) is 0 Å². The monoisotopic (exact) mass is 229 g/mol. The molecule has 0 atom stereocenters. The van der Waals surface area contributed by atoms with Crippen molar-refractivity contribution in [1.29, 1.82) is 0 Å². The van der Waals surface area contributed by atoms with E-state index in [0.29, 0.717) is 6.42 Å². The number of carbonyl (C=O) groups is 1. The number of carbonyl (C=O) groups excluding carboxylic acids is 1. The molecule has 0 heterocycles. The zero-order valence-electron chi connectivity index (χ0n) is 10.5. The Morgan fingerprint density at radius 1 is 1.35 bits per heavy atom. The Morgan fingerprint density at radius 3 is 2.88 bits per heavy atom. The lowest BCUT2D eigenvalue weighted by Crippen LogP contribution is -2.10. The van der Waals surface area contributed by atoms with Crippen LogP contribution in [0.4, 0.5) is 0 Å². The zero-order valence-corrected chi connectivity index (χ0v) is 10.5. The molecule has 17 heavy (non-hydrogen) atoms. The molecule has 0 bridgehead atoms. The lowest BCUT2D eigenvalue weighted by Gasteiger charge is -2.19. The summed E-state index contributed by atoms with van der Waals surface area (Å²) in [6.07, 6.45) is 4.90. The predicted molar refractivity (Wildman–Crippen MR) is 70.8 cm³/mol. The van der Waals surface area contributed by atoms with E-state index in [2.05, 4.69) is 29.6 Å². The average molecular weight is 229 g/mol. The third-order valence-corrected chi connectivity index (χ3v) is 3.19. The molecular formula is C15H19NO. The number of rotatable bonds is 4. The highest BCUT2D eigenvalue weighted by Crippen LogP contribution is 2.28. The number of fused-ring (bicyclic) bond motifs is 1. The summed E-state index contributed by atoms with van der Waals surface area (Å²) in [7, 11) is 1.96. The fraction of sp³-hybridized carbons (Fsp3) is 0.400. The highest BCUT2D eigenvalue weighted by molar-refractivity contribution is 5.80. The van der Waals surface area contributed by atoms with E-state index in [-0.39, 0.29) is 5.78 Å². The maximum absolute atomic E-state index is 11.2. The van der Waals surface area contributed by atoms with Gasteiger partial charge in [0.05, 0.1) is 0 Å². The molecule has 0 aromatic heterocycles. The highest BCUT2D eigenvalue weighted by Gasteiger charge is 2.13. The number of allylic oxidation sites excluding steroid dienone is 1. The van der Waals surface area contributed by atoms with Crippen molar-refractivity contribution in [3.05, 3.63) is 40.5 Å². The number of benzene rings is 1. The summed E-state index contributed by atoms with van der Waals surface area (Å²) in [6.45, 7) is 2.54. The van der Waals surface area contributed by atoms with Crippen LogP contribution >= 0.6 is 0 Å². The molecule has 0 saturated carbocycles. The number of ketones is 1. The predicted octanol–water partition coefficient (Wildman–Crippen LogP) is 2.71. The molecule has 1 N–H and O–H groups in total. The first-order valence-corrected chi connectivity index (χ1v) is 6.15. The van der Waals surface area contributed by atoms with Crippen LogP contribution in [0, 0.1) is 0 Å². The second-order valence-electron chi connectivity index (χ2n) is 4.70. The number of Topliss-reactive ketones (excluding diaryl/α,β-unsaturated/α-hetero) is 1. The summed E-state index contributed by atoms with van der Waals surface area (Å²) in [5.41, 5.74) is 5.33. The molecule has 1 aliphatic rings. The van der Waals surface area contributed by atoms with E-state index in [9.17, 15) is 4.79 Å². The largest absolute Gasteiger partial charge is 0.316 e. The van der Waals surface area contributed by atoms with Crippen molar-refractivity contribution in [2.75, 3.05) is 7.05 Å². The Bertz CT molecular complexity index is 460. The number of nitrogens with one attached hydrogen (secondary N) is 1. The molecule has 90 valence electrons. The molecule has 2 rings (SSSR count). The molecule has 0 unspecified atom stereocenters. The van der Waals surface area contributed by atoms with Gasteiger partial charge in [0.1, 0.15) is 5.78 Å². The first-order valence-electron chi connectivity index (χ1n) is 6.15. The lowest BCUT2D eigenvalue weighted by molar-refractivity contribution is -0.116. The second-order valence-corrected chi connectivity index (χ2v) is 4.70. The third kappa shape index (κ3) is 2.83. The van der Waals surface area contributed by atoms with Gasteiger partial charge in [-0.1, -0.05) is 29.8 Å². The van der Waals surface area contributed by atoms with Gasteiger partial charge in [0.2, 0.25) is 0 Å². The molecule has 1 aromatic rings. The van der Waals surface area contributed by atoms with Crippen LogP contribution in [0.5, 0.6) is 0 Å². The lowest BCUT2D eigenvalue weighted by atomic mass is 9.87.